The van der Waals surface area contributed by atoms with Crippen LogP contribution in [0, 0.1) is 5.92 Å². The van der Waals surface area contributed by atoms with Crippen molar-refractivity contribution in [3.05, 3.63) is 0 Å². The third-order valence-electron chi connectivity index (χ3n) is 2.13. The van der Waals surface area contributed by atoms with Gasteiger partial charge < -0.3 is 10.1 Å². The summed E-state index contributed by atoms with van der Waals surface area (Å²) in [5.41, 5.74) is 0. The number of piperidine rings is 1. The second-order valence-corrected chi connectivity index (χ2v) is 3.24. The van der Waals surface area contributed by atoms with Gasteiger partial charge in [0, 0.05) is 13.2 Å². The van der Waals surface area contributed by atoms with Crippen LogP contribution in [0.15, 0.2) is 0 Å². The van der Waals surface area contributed by atoms with Gasteiger partial charge in [0.15, 0.2) is 0 Å². The Hall–Kier alpha value is -0.0800. The number of methoxy groups -OCH3 is 1. The first-order chi connectivity index (χ1) is 4.83. The van der Waals surface area contributed by atoms with Crippen LogP contribution in [-0.2, 0) is 4.74 Å². The molecule has 0 bridgehead atoms. The van der Waals surface area contributed by atoms with Gasteiger partial charge in [-0.15, -0.1) is 0 Å². The lowest BCUT2D eigenvalue weighted by Crippen LogP contribution is -2.40. The highest BCUT2D eigenvalue weighted by molar-refractivity contribution is 4.74. The Balaban J connectivity index is 2.13. The molecule has 0 aromatic heterocycles. The molecule has 10 heavy (non-hydrogen) atoms. The molecule has 1 rings (SSSR count). The molecule has 0 aromatic carbocycles. The lowest BCUT2D eigenvalue weighted by atomic mass is 9.97. The summed E-state index contributed by atoms with van der Waals surface area (Å²) in [6.45, 7) is 4.32. The highest BCUT2D eigenvalue weighted by Crippen LogP contribution is 2.12. The molecule has 0 saturated carbocycles. The summed E-state index contributed by atoms with van der Waals surface area (Å²) in [6, 6.07) is 0.612. The van der Waals surface area contributed by atoms with E-state index in [1.54, 1.807) is 7.11 Å². The largest absolute Gasteiger partial charge is 0.383 e. The highest BCUT2D eigenvalue weighted by atomic mass is 16.5. The van der Waals surface area contributed by atoms with E-state index < -0.39 is 0 Å². The molecule has 60 valence electrons. The van der Waals surface area contributed by atoms with E-state index in [0.717, 1.165) is 19.1 Å². The third kappa shape index (κ3) is 2.27. The van der Waals surface area contributed by atoms with E-state index in [0.29, 0.717) is 6.04 Å². The minimum atomic E-state index is 0.612. The van der Waals surface area contributed by atoms with Crippen LogP contribution in [0.2, 0.25) is 0 Å². The first-order valence-corrected chi connectivity index (χ1v) is 4.05. The van der Waals surface area contributed by atoms with Crippen molar-refractivity contribution in [1.29, 1.82) is 0 Å². The maximum Gasteiger partial charge on any atom is 0.0615 e. The molecule has 0 amide bonds. The molecule has 0 radical (unpaired) electrons. The Morgan fingerprint density at radius 2 is 2.30 bits per heavy atom. The van der Waals surface area contributed by atoms with Gasteiger partial charge in [-0.1, -0.05) is 6.92 Å². The van der Waals surface area contributed by atoms with Crippen LogP contribution in [-0.4, -0.2) is 26.3 Å². The fourth-order valence-electron chi connectivity index (χ4n) is 1.40. The smallest absolute Gasteiger partial charge is 0.0615 e. The van der Waals surface area contributed by atoms with Crippen LogP contribution in [0.4, 0.5) is 0 Å². The molecule has 1 N–H and O–H groups in total. The highest BCUT2D eigenvalue weighted by Gasteiger charge is 2.16. The fraction of sp³-hybridized carbons (Fsp3) is 1.00. The van der Waals surface area contributed by atoms with E-state index in [1.165, 1.54) is 12.8 Å². The molecule has 1 aliphatic heterocycles. The van der Waals surface area contributed by atoms with Crippen molar-refractivity contribution in [3.63, 3.8) is 0 Å². The minimum absolute atomic E-state index is 0.612. The Labute approximate surface area is 63.0 Å². The average molecular weight is 143 g/mol. The van der Waals surface area contributed by atoms with Crippen LogP contribution in [0.5, 0.6) is 0 Å². The topological polar surface area (TPSA) is 21.3 Å². The Morgan fingerprint density at radius 3 is 2.80 bits per heavy atom. The molecule has 0 aromatic rings. The number of ether oxygens (including phenoxy) is 1. The average Bonchev–Trinajstić information content (AvgIpc) is 1.95. The van der Waals surface area contributed by atoms with Gasteiger partial charge in [-0.3, -0.25) is 0 Å². The summed E-state index contributed by atoms with van der Waals surface area (Å²) in [7, 11) is 1.76. The Bertz CT molecular complexity index is 87.3. The maximum absolute atomic E-state index is 5.05. The SMILES string of the molecule is COCC1CCC(C)CN1. The quantitative estimate of drug-likeness (QED) is 0.623. The van der Waals surface area contributed by atoms with Crippen molar-refractivity contribution in [2.45, 2.75) is 25.8 Å². The Morgan fingerprint density at radius 1 is 1.50 bits per heavy atom. The first kappa shape index (κ1) is 8.02. The summed E-state index contributed by atoms with van der Waals surface area (Å²) < 4.78 is 5.05. The van der Waals surface area contributed by atoms with E-state index >= 15 is 0 Å². The van der Waals surface area contributed by atoms with Crippen molar-refractivity contribution in [3.8, 4) is 0 Å². The van der Waals surface area contributed by atoms with Gasteiger partial charge in [-0.2, -0.15) is 0 Å². The molecule has 2 nitrogen and oxygen atoms in total. The number of rotatable bonds is 2. The lowest BCUT2D eigenvalue weighted by molar-refractivity contribution is 0.145. The summed E-state index contributed by atoms with van der Waals surface area (Å²) in [4.78, 5) is 0. The molecular formula is C8H17NO. The molecule has 2 heteroatoms. The van der Waals surface area contributed by atoms with Gasteiger partial charge in [-0.25, -0.2) is 0 Å². The lowest BCUT2D eigenvalue weighted by Gasteiger charge is -2.26. The van der Waals surface area contributed by atoms with Crippen molar-refractivity contribution in [1.82, 2.24) is 5.32 Å². The van der Waals surface area contributed by atoms with E-state index in [1.807, 2.05) is 0 Å². The second-order valence-electron chi connectivity index (χ2n) is 3.24. The summed E-state index contributed by atoms with van der Waals surface area (Å²) in [5.74, 6) is 0.855. The standard InChI is InChI=1S/C8H17NO/c1-7-3-4-8(6-10-2)9-5-7/h7-9H,3-6H2,1-2H3. The number of hydrogen-bond donors (Lipinski definition) is 1. The second kappa shape index (κ2) is 3.94. The van der Waals surface area contributed by atoms with Gasteiger partial charge in [-0.05, 0) is 25.3 Å². The molecule has 1 heterocycles. The zero-order valence-electron chi connectivity index (χ0n) is 6.89. The monoisotopic (exact) mass is 143 g/mol. The van der Waals surface area contributed by atoms with Gasteiger partial charge in [0.2, 0.25) is 0 Å². The molecule has 2 atom stereocenters. The summed E-state index contributed by atoms with van der Waals surface area (Å²) in [5, 5.41) is 3.44. The predicted octanol–water partition coefficient (Wildman–Crippen LogP) is 1.02. The van der Waals surface area contributed by atoms with Crippen molar-refractivity contribution >= 4 is 0 Å². The van der Waals surface area contributed by atoms with E-state index in [4.69, 9.17) is 4.74 Å². The van der Waals surface area contributed by atoms with Crippen LogP contribution >= 0.6 is 0 Å². The number of hydrogen-bond acceptors (Lipinski definition) is 2. The van der Waals surface area contributed by atoms with E-state index in [2.05, 4.69) is 12.2 Å². The fourth-order valence-corrected chi connectivity index (χ4v) is 1.40. The molecular weight excluding hydrogens is 126 g/mol. The summed E-state index contributed by atoms with van der Waals surface area (Å²) in [6.07, 6.45) is 2.62. The molecule has 1 saturated heterocycles. The van der Waals surface area contributed by atoms with Gasteiger partial charge >= 0.3 is 0 Å². The van der Waals surface area contributed by atoms with Crippen LogP contribution in [0.1, 0.15) is 19.8 Å². The van der Waals surface area contributed by atoms with E-state index in [-0.39, 0.29) is 0 Å². The van der Waals surface area contributed by atoms with Crippen molar-refractivity contribution in [2.24, 2.45) is 5.92 Å². The molecule has 2 unspecified atom stereocenters. The van der Waals surface area contributed by atoms with Gasteiger partial charge in [0.25, 0.3) is 0 Å². The molecule has 0 aliphatic carbocycles. The normalized spacial score (nSPS) is 34.2. The van der Waals surface area contributed by atoms with Crippen molar-refractivity contribution in [2.75, 3.05) is 20.3 Å². The zero-order chi connectivity index (χ0) is 7.40. The maximum atomic E-state index is 5.05. The summed E-state index contributed by atoms with van der Waals surface area (Å²) >= 11 is 0. The molecule has 1 fully saturated rings. The number of nitrogens with one attached hydrogen (secondary N) is 1. The third-order valence-corrected chi connectivity index (χ3v) is 2.13. The van der Waals surface area contributed by atoms with Crippen molar-refractivity contribution < 1.29 is 4.74 Å². The molecule has 1 aliphatic rings. The van der Waals surface area contributed by atoms with Gasteiger partial charge in [0.1, 0.15) is 0 Å². The molecule has 0 spiro atoms. The first-order valence-electron chi connectivity index (χ1n) is 4.05. The van der Waals surface area contributed by atoms with Crippen LogP contribution in [0.25, 0.3) is 0 Å². The zero-order valence-corrected chi connectivity index (χ0v) is 6.89. The van der Waals surface area contributed by atoms with Crippen LogP contribution in [0.3, 0.4) is 0 Å². The van der Waals surface area contributed by atoms with E-state index in [9.17, 15) is 0 Å². The minimum Gasteiger partial charge on any atom is -0.383 e. The van der Waals surface area contributed by atoms with Crippen LogP contribution < -0.4 is 5.32 Å². The predicted molar refractivity (Wildman–Crippen MR) is 42.1 cm³/mol. The van der Waals surface area contributed by atoms with Gasteiger partial charge in [0.05, 0.1) is 6.61 Å². The Kier molecular flexibility index (Phi) is 3.16.